The third-order valence-corrected chi connectivity index (χ3v) is 5.87. The number of carboxylic acids is 1. The third kappa shape index (κ3) is 3.75. The quantitative estimate of drug-likeness (QED) is 0.803. The van der Waals surface area contributed by atoms with E-state index >= 15 is 0 Å². The average Bonchev–Trinajstić information content (AvgIpc) is 2.43. The predicted molar refractivity (Wildman–Crippen MR) is 82.0 cm³/mol. The molecule has 0 saturated carbocycles. The summed E-state index contributed by atoms with van der Waals surface area (Å²) < 4.78 is 27.1. The number of nitrogens with one attached hydrogen (secondary N) is 1. The fourth-order valence-corrected chi connectivity index (χ4v) is 3.69. The minimum atomic E-state index is -3.80. The lowest BCUT2D eigenvalue weighted by Gasteiger charge is -2.26. The molecule has 0 aliphatic rings. The molecule has 5 nitrogen and oxygen atoms in total. The molecule has 0 radical (unpaired) electrons. The smallest absolute Gasteiger partial charge is 0.310 e. The highest BCUT2D eigenvalue weighted by Gasteiger charge is 2.36. The molecule has 1 rings (SSSR count). The number of rotatable bonds is 7. The van der Waals surface area contributed by atoms with E-state index in [0.717, 1.165) is 0 Å². The molecule has 0 spiro atoms. The number of carboxylic acid groups (broad SMARTS) is 1. The highest BCUT2D eigenvalue weighted by Crippen LogP contribution is 2.27. The first-order valence-corrected chi connectivity index (χ1v) is 8.54. The van der Waals surface area contributed by atoms with Crippen LogP contribution in [0, 0.1) is 12.3 Å². The Hall–Kier alpha value is -1.11. The Labute approximate surface area is 130 Å². The average molecular weight is 334 g/mol. The minimum absolute atomic E-state index is 0.0708. The Bertz CT molecular complexity index is 624. The maximum absolute atomic E-state index is 12.3. The predicted octanol–water partition coefficient (Wildman–Crippen LogP) is 2.82. The summed E-state index contributed by atoms with van der Waals surface area (Å²) in [6.45, 7) is 4.93. The molecule has 1 aromatic carbocycles. The van der Waals surface area contributed by atoms with Crippen LogP contribution in [0.4, 0.5) is 0 Å². The van der Waals surface area contributed by atoms with Crippen LogP contribution in [0.1, 0.15) is 32.3 Å². The Morgan fingerprint density at radius 3 is 2.38 bits per heavy atom. The number of hydrogen-bond acceptors (Lipinski definition) is 3. The second kappa shape index (κ2) is 6.77. The van der Waals surface area contributed by atoms with Crippen molar-refractivity contribution in [3.63, 3.8) is 0 Å². The number of hydrogen-bond donors (Lipinski definition) is 2. The molecule has 118 valence electrons. The molecule has 2 N–H and O–H groups in total. The Kier molecular flexibility index (Phi) is 5.78. The van der Waals surface area contributed by atoms with Crippen molar-refractivity contribution in [2.75, 3.05) is 6.54 Å². The number of sulfonamides is 1. The lowest BCUT2D eigenvalue weighted by Crippen LogP contribution is -2.42. The molecular formula is C14H20ClNO4S. The number of carbonyl (C=O) groups is 1. The maximum atomic E-state index is 12.3. The molecular weight excluding hydrogens is 314 g/mol. The van der Waals surface area contributed by atoms with E-state index in [1.807, 2.05) is 0 Å². The van der Waals surface area contributed by atoms with Gasteiger partial charge in [-0.05, 0) is 37.5 Å². The second-order valence-electron chi connectivity index (χ2n) is 4.98. The lowest BCUT2D eigenvalue weighted by molar-refractivity contribution is -0.149. The van der Waals surface area contributed by atoms with Crippen LogP contribution in [0.2, 0.25) is 5.02 Å². The zero-order valence-electron chi connectivity index (χ0n) is 12.3. The molecule has 0 unspecified atom stereocenters. The largest absolute Gasteiger partial charge is 0.481 e. The molecule has 1 aromatic rings. The summed E-state index contributed by atoms with van der Waals surface area (Å²) in [7, 11) is -3.80. The molecule has 0 aliphatic carbocycles. The zero-order chi connectivity index (χ0) is 16.3. The van der Waals surface area contributed by atoms with E-state index in [1.165, 1.54) is 6.07 Å². The van der Waals surface area contributed by atoms with Gasteiger partial charge in [0.05, 0.1) is 10.3 Å². The fraction of sp³-hybridized carbons (Fsp3) is 0.500. The normalized spacial score (nSPS) is 12.4. The van der Waals surface area contributed by atoms with Gasteiger partial charge in [-0.25, -0.2) is 13.1 Å². The van der Waals surface area contributed by atoms with Gasteiger partial charge in [-0.1, -0.05) is 31.5 Å². The molecule has 0 saturated heterocycles. The summed E-state index contributed by atoms with van der Waals surface area (Å²) in [6, 6.07) is 4.60. The van der Waals surface area contributed by atoms with E-state index < -0.39 is 21.4 Å². The first kappa shape index (κ1) is 17.9. The highest BCUT2D eigenvalue weighted by atomic mass is 35.5. The summed E-state index contributed by atoms with van der Waals surface area (Å²) in [5.74, 6) is -1.00. The van der Waals surface area contributed by atoms with E-state index in [0.29, 0.717) is 23.4 Å². The first-order valence-electron chi connectivity index (χ1n) is 6.68. The van der Waals surface area contributed by atoms with Crippen molar-refractivity contribution in [3.8, 4) is 0 Å². The molecule has 21 heavy (non-hydrogen) atoms. The van der Waals surface area contributed by atoms with Crippen molar-refractivity contribution in [1.29, 1.82) is 0 Å². The third-order valence-electron chi connectivity index (χ3n) is 3.92. The van der Waals surface area contributed by atoms with Crippen LogP contribution >= 0.6 is 11.6 Å². The Morgan fingerprint density at radius 2 is 1.90 bits per heavy atom. The van der Waals surface area contributed by atoms with Gasteiger partial charge in [0, 0.05) is 11.6 Å². The standard InChI is InChI=1S/C14H20ClNO4S/c1-4-14(5-2,13(17)18)9-16-21(19,20)12-8-6-7-11(15)10(12)3/h6-8,16H,4-5,9H2,1-3H3,(H,17,18). The molecule has 0 atom stereocenters. The van der Waals surface area contributed by atoms with Gasteiger partial charge in [-0.3, -0.25) is 4.79 Å². The molecule has 0 bridgehead atoms. The summed E-state index contributed by atoms with van der Waals surface area (Å²) >= 11 is 5.93. The molecule has 7 heteroatoms. The first-order chi connectivity index (χ1) is 9.70. The van der Waals surface area contributed by atoms with E-state index in [4.69, 9.17) is 11.6 Å². The topological polar surface area (TPSA) is 83.5 Å². The van der Waals surface area contributed by atoms with Crippen molar-refractivity contribution >= 4 is 27.6 Å². The van der Waals surface area contributed by atoms with Gasteiger partial charge in [-0.2, -0.15) is 0 Å². The van der Waals surface area contributed by atoms with Crippen molar-refractivity contribution in [2.45, 2.75) is 38.5 Å². The SMILES string of the molecule is CCC(CC)(CNS(=O)(=O)c1cccc(Cl)c1C)C(=O)O. The summed E-state index contributed by atoms with van der Waals surface area (Å²) in [6.07, 6.45) is 0.686. The van der Waals surface area contributed by atoms with Gasteiger partial charge >= 0.3 is 5.97 Å². The van der Waals surface area contributed by atoms with E-state index in [-0.39, 0.29) is 11.4 Å². The van der Waals surface area contributed by atoms with Crippen LogP contribution < -0.4 is 4.72 Å². The van der Waals surface area contributed by atoms with Crippen molar-refractivity contribution < 1.29 is 18.3 Å². The number of aliphatic carboxylic acids is 1. The number of halogens is 1. The molecule has 0 aliphatic heterocycles. The minimum Gasteiger partial charge on any atom is -0.481 e. The summed E-state index contributed by atoms with van der Waals surface area (Å²) in [5, 5.41) is 9.69. The van der Waals surface area contributed by atoms with Crippen LogP contribution in [0.15, 0.2) is 23.1 Å². The Balaban J connectivity index is 3.06. The lowest BCUT2D eigenvalue weighted by atomic mass is 9.83. The van der Waals surface area contributed by atoms with Gasteiger partial charge in [0.2, 0.25) is 10.0 Å². The highest BCUT2D eigenvalue weighted by molar-refractivity contribution is 7.89. The van der Waals surface area contributed by atoms with E-state index in [9.17, 15) is 18.3 Å². The van der Waals surface area contributed by atoms with Gasteiger partial charge in [-0.15, -0.1) is 0 Å². The van der Waals surface area contributed by atoms with Crippen molar-refractivity contribution in [2.24, 2.45) is 5.41 Å². The number of benzene rings is 1. The zero-order valence-corrected chi connectivity index (χ0v) is 13.9. The Morgan fingerprint density at radius 1 is 1.33 bits per heavy atom. The van der Waals surface area contributed by atoms with Gasteiger partial charge in [0.1, 0.15) is 0 Å². The van der Waals surface area contributed by atoms with E-state index in [2.05, 4.69) is 4.72 Å². The van der Waals surface area contributed by atoms with Crippen molar-refractivity contribution in [1.82, 2.24) is 4.72 Å². The molecule has 0 fully saturated rings. The second-order valence-corrected chi connectivity index (χ2v) is 7.12. The van der Waals surface area contributed by atoms with Gasteiger partial charge in [0.15, 0.2) is 0 Å². The molecule has 0 heterocycles. The fourth-order valence-electron chi connectivity index (χ4n) is 2.07. The molecule has 0 amide bonds. The van der Waals surface area contributed by atoms with Gasteiger partial charge in [0.25, 0.3) is 0 Å². The molecule has 0 aromatic heterocycles. The van der Waals surface area contributed by atoms with Crippen LogP contribution in [0.25, 0.3) is 0 Å². The van der Waals surface area contributed by atoms with Crippen molar-refractivity contribution in [3.05, 3.63) is 28.8 Å². The van der Waals surface area contributed by atoms with Gasteiger partial charge < -0.3 is 5.11 Å². The van der Waals surface area contributed by atoms with Crippen LogP contribution in [-0.2, 0) is 14.8 Å². The van der Waals surface area contributed by atoms with Crippen LogP contribution in [0.3, 0.4) is 0 Å². The maximum Gasteiger partial charge on any atom is 0.310 e. The van der Waals surface area contributed by atoms with E-state index in [1.54, 1.807) is 32.9 Å². The summed E-state index contributed by atoms with van der Waals surface area (Å²) in [4.78, 5) is 11.5. The monoisotopic (exact) mass is 333 g/mol. The van der Waals surface area contributed by atoms with Crippen LogP contribution in [-0.4, -0.2) is 26.0 Å². The summed E-state index contributed by atoms with van der Waals surface area (Å²) in [5.41, 5.74) is -0.653. The van der Waals surface area contributed by atoms with Crippen LogP contribution in [0.5, 0.6) is 0 Å².